The van der Waals surface area contributed by atoms with Gasteiger partial charge in [0.1, 0.15) is 0 Å². The molecule has 0 saturated carbocycles. The third-order valence-electron chi connectivity index (χ3n) is 1.19. The number of nitrogens with two attached hydrogens (primary N) is 1. The van der Waals surface area contributed by atoms with Gasteiger partial charge in [-0.3, -0.25) is 4.55 Å². The van der Waals surface area contributed by atoms with Crippen molar-refractivity contribution in [1.82, 2.24) is 0 Å². The molecular weight excluding hydrogens is 222 g/mol. The number of carbonyl (C=O) groups is 1. The monoisotopic (exact) mass is 233 g/mol. The molecule has 0 aliphatic carbocycles. The van der Waals surface area contributed by atoms with Crippen molar-refractivity contribution in [2.75, 3.05) is 7.11 Å². The molecule has 0 spiro atoms. The Kier molecular flexibility index (Phi) is 5.53. The topological polar surface area (TPSA) is 107 Å². The molecule has 0 saturated heterocycles. The first-order valence-corrected chi connectivity index (χ1v) is 5.23. The van der Waals surface area contributed by atoms with Crippen LogP contribution in [0.15, 0.2) is 30.3 Å². The zero-order chi connectivity index (χ0) is 11.9. The number of methoxy groups -OCH3 is 1. The van der Waals surface area contributed by atoms with Crippen molar-refractivity contribution in [3.8, 4) is 0 Å². The lowest BCUT2D eigenvalue weighted by Crippen LogP contribution is -2.08. The lowest BCUT2D eigenvalue weighted by atomic mass is 10.2. The van der Waals surface area contributed by atoms with Gasteiger partial charge in [-0.05, 0) is 12.1 Å². The maximum absolute atomic E-state index is 10.8. The highest BCUT2D eigenvalue weighted by Gasteiger charge is 2.00. The van der Waals surface area contributed by atoms with Crippen molar-refractivity contribution in [3.63, 3.8) is 0 Å². The minimum atomic E-state index is -4.17. The van der Waals surface area contributed by atoms with Crippen LogP contribution in [0.4, 0.5) is 0 Å². The van der Waals surface area contributed by atoms with Crippen LogP contribution in [0.2, 0.25) is 0 Å². The van der Waals surface area contributed by atoms with Crippen LogP contribution in [0.1, 0.15) is 10.4 Å². The lowest BCUT2D eigenvalue weighted by molar-refractivity contribution is 0.0600. The van der Waals surface area contributed by atoms with E-state index in [0.717, 1.165) is 0 Å². The van der Waals surface area contributed by atoms with E-state index in [1.54, 1.807) is 24.3 Å². The predicted octanol–water partition coefficient (Wildman–Crippen LogP) is 0.221. The third-order valence-corrected chi connectivity index (χ3v) is 1.19. The molecule has 3 N–H and O–H groups in total. The second kappa shape index (κ2) is 6.12. The number of hydrogen-bond acceptors (Lipinski definition) is 4. The smallest absolute Gasteiger partial charge is 0.337 e. The summed E-state index contributed by atoms with van der Waals surface area (Å²) < 4.78 is 29.7. The molecular formula is C8H11NO5S. The zero-order valence-corrected chi connectivity index (χ0v) is 8.77. The van der Waals surface area contributed by atoms with Crippen LogP contribution in [-0.2, 0) is 15.0 Å². The Hall–Kier alpha value is -1.44. The van der Waals surface area contributed by atoms with Crippen molar-refractivity contribution in [2.24, 2.45) is 5.14 Å². The van der Waals surface area contributed by atoms with Gasteiger partial charge < -0.3 is 4.74 Å². The van der Waals surface area contributed by atoms with E-state index in [-0.39, 0.29) is 5.97 Å². The first kappa shape index (κ1) is 13.6. The molecule has 0 amide bonds. The van der Waals surface area contributed by atoms with E-state index in [0.29, 0.717) is 5.56 Å². The summed E-state index contributed by atoms with van der Waals surface area (Å²) in [7, 11) is -2.80. The number of carbonyl (C=O) groups excluding carboxylic acids is 1. The molecule has 7 heteroatoms. The number of hydrogen-bond donors (Lipinski definition) is 2. The zero-order valence-electron chi connectivity index (χ0n) is 7.95. The minimum absolute atomic E-state index is 0.291. The molecule has 0 bridgehead atoms. The highest BCUT2D eigenvalue weighted by molar-refractivity contribution is 7.83. The highest BCUT2D eigenvalue weighted by Crippen LogP contribution is 1.98. The fourth-order valence-corrected chi connectivity index (χ4v) is 0.692. The summed E-state index contributed by atoms with van der Waals surface area (Å²) in [6, 6.07) is 8.88. The fraction of sp³-hybridized carbons (Fsp3) is 0.125. The Bertz CT molecular complexity index is 392. The van der Waals surface area contributed by atoms with Crippen LogP contribution in [-0.4, -0.2) is 26.0 Å². The molecule has 0 unspecified atom stereocenters. The second-order valence-electron chi connectivity index (χ2n) is 2.37. The van der Waals surface area contributed by atoms with E-state index in [9.17, 15) is 4.79 Å². The Morgan fingerprint density at radius 2 is 1.73 bits per heavy atom. The van der Waals surface area contributed by atoms with E-state index in [2.05, 4.69) is 9.88 Å². The molecule has 0 aliphatic rings. The molecule has 0 heterocycles. The molecule has 1 aromatic carbocycles. The largest absolute Gasteiger partial charge is 0.465 e. The maximum Gasteiger partial charge on any atom is 0.337 e. The lowest BCUT2D eigenvalue weighted by Gasteiger charge is -1.95. The molecule has 0 aliphatic heterocycles. The SMILES string of the molecule is COC(=O)c1ccccc1.NS(=O)(=O)O. The Labute approximate surface area is 87.5 Å². The van der Waals surface area contributed by atoms with Gasteiger partial charge in [0, 0.05) is 0 Å². The average molecular weight is 233 g/mol. The van der Waals surface area contributed by atoms with Crippen LogP contribution in [0.5, 0.6) is 0 Å². The quantitative estimate of drug-likeness (QED) is 0.533. The highest BCUT2D eigenvalue weighted by atomic mass is 32.2. The molecule has 0 atom stereocenters. The summed E-state index contributed by atoms with van der Waals surface area (Å²) in [5, 5.41) is 3.88. The Balaban J connectivity index is 0.000000336. The predicted molar refractivity (Wildman–Crippen MR) is 53.5 cm³/mol. The Morgan fingerprint density at radius 1 is 1.33 bits per heavy atom. The molecule has 0 aromatic heterocycles. The second-order valence-corrected chi connectivity index (χ2v) is 3.40. The molecule has 84 valence electrons. The molecule has 15 heavy (non-hydrogen) atoms. The summed E-state index contributed by atoms with van der Waals surface area (Å²) in [6.45, 7) is 0. The minimum Gasteiger partial charge on any atom is -0.465 e. The van der Waals surface area contributed by atoms with Crippen LogP contribution in [0, 0.1) is 0 Å². The van der Waals surface area contributed by atoms with Crippen molar-refractivity contribution in [3.05, 3.63) is 35.9 Å². The van der Waals surface area contributed by atoms with Gasteiger partial charge in [-0.2, -0.15) is 8.42 Å². The van der Waals surface area contributed by atoms with Gasteiger partial charge in [0.2, 0.25) is 0 Å². The Morgan fingerprint density at radius 3 is 2.07 bits per heavy atom. The summed E-state index contributed by atoms with van der Waals surface area (Å²) in [4.78, 5) is 10.8. The van der Waals surface area contributed by atoms with Crippen LogP contribution in [0.25, 0.3) is 0 Å². The van der Waals surface area contributed by atoms with Gasteiger partial charge in [-0.15, -0.1) is 0 Å². The van der Waals surface area contributed by atoms with Gasteiger partial charge in [-0.1, -0.05) is 18.2 Å². The molecule has 0 fully saturated rings. The fourth-order valence-electron chi connectivity index (χ4n) is 0.692. The first-order valence-electron chi connectivity index (χ1n) is 3.73. The normalized spacial score (nSPS) is 9.80. The number of benzene rings is 1. The maximum atomic E-state index is 10.8. The van der Waals surface area contributed by atoms with E-state index in [4.69, 9.17) is 13.0 Å². The van der Waals surface area contributed by atoms with Crippen LogP contribution >= 0.6 is 0 Å². The first-order chi connectivity index (χ1) is 6.84. The average Bonchev–Trinajstić information content (AvgIpc) is 2.15. The molecule has 0 radical (unpaired) electrons. The number of esters is 1. The number of rotatable bonds is 1. The summed E-state index contributed by atoms with van der Waals surface area (Å²) in [5.41, 5.74) is 0.588. The van der Waals surface area contributed by atoms with E-state index < -0.39 is 10.3 Å². The standard InChI is InChI=1S/C8H8O2.H3NO3S/c1-10-8(9)7-5-3-2-4-6-7;1-5(2,3)4/h2-6H,1H3;(H3,1,2,3,4). The summed E-state index contributed by atoms with van der Waals surface area (Å²) >= 11 is 0. The van der Waals surface area contributed by atoms with E-state index in [1.807, 2.05) is 6.07 Å². The molecule has 6 nitrogen and oxygen atoms in total. The van der Waals surface area contributed by atoms with Gasteiger partial charge in [-0.25, -0.2) is 9.93 Å². The van der Waals surface area contributed by atoms with E-state index in [1.165, 1.54) is 7.11 Å². The molecule has 1 aromatic rings. The summed E-state index contributed by atoms with van der Waals surface area (Å²) in [6.07, 6.45) is 0. The van der Waals surface area contributed by atoms with E-state index >= 15 is 0 Å². The van der Waals surface area contributed by atoms with Crippen molar-refractivity contribution >= 4 is 16.3 Å². The molecule has 1 rings (SSSR count). The van der Waals surface area contributed by atoms with Gasteiger partial charge in [0.15, 0.2) is 0 Å². The van der Waals surface area contributed by atoms with Crippen molar-refractivity contribution < 1.29 is 22.5 Å². The van der Waals surface area contributed by atoms with Crippen LogP contribution in [0.3, 0.4) is 0 Å². The van der Waals surface area contributed by atoms with Crippen molar-refractivity contribution in [1.29, 1.82) is 0 Å². The van der Waals surface area contributed by atoms with Gasteiger partial charge in [0.05, 0.1) is 12.7 Å². The summed E-state index contributed by atoms with van der Waals surface area (Å²) in [5.74, 6) is -0.291. The van der Waals surface area contributed by atoms with Gasteiger partial charge >= 0.3 is 16.3 Å². The number of ether oxygens (including phenoxy) is 1. The third kappa shape index (κ3) is 8.88. The van der Waals surface area contributed by atoms with Crippen molar-refractivity contribution in [2.45, 2.75) is 0 Å². The van der Waals surface area contributed by atoms with Crippen LogP contribution < -0.4 is 5.14 Å². The van der Waals surface area contributed by atoms with Gasteiger partial charge in [0.25, 0.3) is 0 Å².